The molecule has 1 amide bonds. The van der Waals surface area contributed by atoms with Crippen LogP contribution in [0.25, 0.3) is 10.8 Å². The Morgan fingerprint density at radius 2 is 1.69 bits per heavy atom. The van der Waals surface area contributed by atoms with E-state index in [2.05, 4.69) is 5.32 Å². The molecular formula is C22H21NO3. The summed E-state index contributed by atoms with van der Waals surface area (Å²) in [6.07, 6.45) is -0.901. The lowest BCUT2D eigenvalue weighted by Gasteiger charge is -2.15. The maximum Gasteiger partial charge on any atom is 0.339 e. The molecule has 0 saturated heterocycles. The molecule has 0 aliphatic carbocycles. The number of carbonyl (C=O) groups excluding carboxylic acids is 2. The van der Waals surface area contributed by atoms with Gasteiger partial charge in [-0.25, -0.2) is 4.79 Å². The molecule has 0 bridgehead atoms. The van der Waals surface area contributed by atoms with E-state index in [1.807, 2.05) is 68.4 Å². The summed E-state index contributed by atoms with van der Waals surface area (Å²) in [7, 11) is 0. The molecule has 0 fully saturated rings. The van der Waals surface area contributed by atoms with Crippen molar-refractivity contribution in [2.75, 3.05) is 5.32 Å². The molecule has 4 heteroatoms. The molecule has 0 aliphatic heterocycles. The predicted octanol–water partition coefficient (Wildman–Crippen LogP) is 4.64. The molecule has 1 N–H and O–H groups in total. The van der Waals surface area contributed by atoms with Gasteiger partial charge in [0.25, 0.3) is 5.91 Å². The fraction of sp³-hybridized carbons (Fsp3) is 0.182. The standard InChI is InChI=1S/C22H21NO3/c1-14-11-12-18(15(2)13-14)22(25)26-16(3)21(24)23-20-10-6-8-17-7-4-5-9-19(17)20/h4-13,16H,1-3H3,(H,23,24)/t16-/m1/s1. The second-order valence-electron chi connectivity index (χ2n) is 6.38. The van der Waals surface area contributed by atoms with Crippen LogP contribution in [-0.4, -0.2) is 18.0 Å². The molecule has 0 spiro atoms. The average Bonchev–Trinajstić information content (AvgIpc) is 2.61. The minimum absolute atomic E-state index is 0.362. The van der Waals surface area contributed by atoms with E-state index in [4.69, 9.17) is 4.74 Å². The van der Waals surface area contributed by atoms with Crippen molar-refractivity contribution in [3.8, 4) is 0 Å². The lowest BCUT2D eigenvalue weighted by molar-refractivity contribution is -0.123. The number of ether oxygens (including phenoxy) is 1. The minimum atomic E-state index is -0.901. The summed E-state index contributed by atoms with van der Waals surface area (Å²) in [4.78, 5) is 24.8. The highest BCUT2D eigenvalue weighted by molar-refractivity contribution is 6.04. The molecule has 1 atom stereocenters. The van der Waals surface area contributed by atoms with E-state index >= 15 is 0 Å². The number of hydrogen-bond acceptors (Lipinski definition) is 3. The van der Waals surface area contributed by atoms with Crippen molar-refractivity contribution in [3.63, 3.8) is 0 Å². The quantitative estimate of drug-likeness (QED) is 0.700. The number of benzene rings is 3. The van der Waals surface area contributed by atoms with Crippen molar-refractivity contribution >= 4 is 28.3 Å². The van der Waals surface area contributed by atoms with Crippen LogP contribution in [0.3, 0.4) is 0 Å². The van der Waals surface area contributed by atoms with Gasteiger partial charge in [-0.1, -0.05) is 54.1 Å². The SMILES string of the molecule is Cc1ccc(C(=O)O[C@H](C)C(=O)Nc2cccc3ccccc23)c(C)c1. The second kappa shape index (κ2) is 7.40. The van der Waals surface area contributed by atoms with Gasteiger partial charge in [0.05, 0.1) is 5.56 Å². The van der Waals surface area contributed by atoms with E-state index in [1.165, 1.54) is 0 Å². The van der Waals surface area contributed by atoms with Crippen molar-refractivity contribution in [1.82, 2.24) is 0 Å². The van der Waals surface area contributed by atoms with Gasteiger partial charge in [0, 0.05) is 11.1 Å². The Balaban J connectivity index is 1.72. The molecule has 0 radical (unpaired) electrons. The summed E-state index contributed by atoms with van der Waals surface area (Å²) >= 11 is 0. The highest BCUT2D eigenvalue weighted by Crippen LogP contribution is 2.23. The highest BCUT2D eigenvalue weighted by atomic mass is 16.5. The Labute approximate surface area is 152 Å². The van der Waals surface area contributed by atoms with Gasteiger partial charge in [0.1, 0.15) is 0 Å². The Hall–Kier alpha value is -3.14. The van der Waals surface area contributed by atoms with E-state index in [-0.39, 0.29) is 5.91 Å². The topological polar surface area (TPSA) is 55.4 Å². The summed E-state index contributed by atoms with van der Waals surface area (Å²) in [5.41, 5.74) is 3.07. The van der Waals surface area contributed by atoms with Gasteiger partial charge >= 0.3 is 5.97 Å². The fourth-order valence-electron chi connectivity index (χ4n) is 2.89. The number of esters is 1. The molecule has 0 aromatic heterocycles. The summed E-state index contributed by atoms with van der Waals surface area (Å²) in [5.74, 6) is -0.859. The third-order valence-electron chi connectivity index (χ3n) is 4.30. The molecule has 3 rings (SSSR count). The molecule has 4 nitrogen and oxygen atoms in total. The third kappa shape index (κ3) is 3.75. The molecule has 3 aromatic carbocycles. The zero-order chi connectivity index (χ0) is 18.7. The molecule has 0 unspecified atom stereocenters. The van der Waals surface area contributed by atoms with E-state index in [0.717, 1.165) is 21.9 Å². The smallest absolute Gasteiger partial charge is 0.339 e. The van der Waals surface area contributed by atoms with Crippen LogP contribution in [0.1, 0.15) is 28.4 Å². The number of nitrogens with one attached hydrogen (secondary N) is 1. The fourth-order valence-corrected chi connectivity index (χ4v) is 2.89. The third-order valence-corrected chi connectivity index (χ3v) is 4.30. The number of aryl methyl sites for hydroxylation is 2. The summed E-state index contributed by atoms with van der Waals surface area (Å²) in [6, 6.07) is 19.0. The summed E-state index contributed by atoms with van der Waals surface area (Å²) in [5, 5.41) is 4.82. The van der Waals surface area contributed by atoms with Gasteiger partial charge in [-0.3, -0.25) is 4.79 Å². The van der Waals surface area contributed by atoms with Crippen LogP contribution in [0, 0.1) is 13.8 Å². The Morgan fingerprint density at radius 1 is 0.962 bits per heavy atom. The molecule has 26 heavy (non-hydrogen) atoms. The van der Waals surface area contributed by atoms with E-state index in [0.29, 0.717) is 11.3 Å². The monoisotopic (exact) mass is 347 g/mol. The van der Waals surface area contributed by atoms with E-state index < -0.39 is 12.1 Å². The van der Waals surface area contributed by atoms with Crippen molar-refractivity contribution in [3.05, 3.63) is 77.4 Å². The number of rotatable bonds is 4. The highest BCUT2D eigenvalue weighted by Gasteiger charge is 2.20. The Bertz CT molecular complexity index is 973. The number of fused-ring (bicyclic) bond motifs is 1. The first kappa shape index (κ1) is 17.7. The number of carbonyl (C=O) groups is 2. The Morgan fingerprint density at radius 3 is 2.46 bits per heavy atom. The first-order chi connectivity index (χ1) is 12.5. The first-order valence-electron chi connectivity index (χ1n) is 8.52. The van der Waals surface area contributed by atoms with Crippen molar-refractivity contribution in [1.29, 1.82) is 0 Å². The minimum Gasteiger partial charge on any atom is -0.449 e. The molecule has 0 aliphatic rings. The molecule has 132 valence electrons. The maximum absolute atomic E-state index is 12.5. The van der Waals surface area contributed by atoms with Gasteiger partial charge in [0.15, 0.2) is 6.10 Å². The van der Waals surface area contributed by atoms with Crippen molar-refractivity contribution in [2.24, 2.45) is 0 Å². The van der Waals surface area contributed by atoms with Crippen LogP contribution >= 0.6 is 0 Å². The van der Waals surface area contributed by atoms with E-state index in [9.17, 15) is 9.59 Å². The molecule has 3 aromatic rings. The predicted molar refractivity (Wildman–Crippen MR) is 103 cm³/mol. The molecule has 0 heterocycles. The maximum atomic E-state index is 12.5. The summed E-state index contributed by atoms with van der Waals surface area (Å²) < 4.78 is 5.35. The average molecular weight is 347 g/mol. The van der Waals surface area contributed by atoms with Crippen LogP contribution in [-0.2, 0) is 9.53 Å². The zero-order valence-electron chi connectivity index (χ0n) is 15.1. The van der Waals surface area contributed by atoms with Crippen molar-refractivity contribution < 1.29 is 14.3 Å². The van der Waals surface area contributed by atoms with Crippen LogP contribution in [0.15, 0.2) is 60.7 Å². The van der Waals surface area contributed by atoms with Gasteiger partial charge in [-0.15, -0.1) is 0 Å². The second-order valence-corrected chi connectivity index (χ2v) is 6.38. The zero-order valence-corrected chi connectivity index (χ0v) is 15.1. The number of hydrogen-bond donors (Lipinski definition) is 1. The van der Waals surface area contributed by atoms with Crippen LogP contribution in [0.5, 0.6) is 0 Å². The largest absolute Gasteiger partial charge is 0.449 e. The van der Waals surface area contributed by atoms with Gasteiger partial charge in [0.2, 0.25) is 0 Å². The van der Waals surface area contributed by atoms with Gasteiger partial charge in [-0.05, 0) is 43.9 Å². The first-order valence-corrected chi connectivity index (χ1v) is 8.52. The summed E-state index contributed by atoms with van der Waals surface area (Å²) in [6.45, 7) is 5.38. The lowest BCUT2D eigenvalue weighted by atomic mass is 10.1. The van der Waals surface area contributed by atoms with Gasteiger partial charge < -0.3 is 10.1 Å². The Kier molecular flexibility index (Phi) is 5.03. The van der Waals surface area contributed by atoms with Crippen LogP contribution < -0.4 is 5.32 Å². The van der Waals surface area contributed by atoms with E-state index in [1.54, 1.807) is 13.0 Å². The van der Waals surface area contributed by atoms with Gasteiger partial charge in [-0.2, -0.15) is 0 Å². The lowest BCUT2D eigenvalue weighted by Crippen LogP contribution is -2.30. The van der Waals surface area contributed by atoms with Crippen molar-refractivity contribution in [2.45, 2.75) is 26.9 Å². The molecular weight excluding hydrogens is 326 g/mol. The number of anilines is 1. The van der Waals surface area contributed by atoms with Crippen LogP contribution in [0.2, 0.25) is 0 Å². The molecule has 0 saturated carbocycles. The van der Waals surface area contributed by atoms with Crippen LogP contribution in [0.4, 0.5) is 5.69 Å². The normalized spacial score (nSPS) is 11.8. The number of amides is 1.